The van der Waals surface area contributed by atoms with Gasteiger partial charge in [0, 0.05) is 29.7 Å². The van der Waals surface area contributed by atoms with Crippen LogP contribution in [0.1, 0.15) is 15.9 Å². The van der Waals surface area contributed by atoms with Crippen molar-refractivity contribution < 1.29 is 9.18 Å². The van der Waals surface area contributed by atoms with E-state index in [0.29, 0.717) is 17.9 Å². The van der Waals surface area contributed by atoms with Gasteiger partial charge in [-0.15, -0.1) is 0 Å². The summed E-state index contributed by atoms with van der Waals surface area (Å²) < 4.78 is 15.2. The summed E-state index contributed by atoms with van der Waals surface area (Å²) in [4.78, 5) is 22.0. The minimum absolute atomic E-state index is 0.117. The average molecular weight is 268 g/mol. The summed E-state index contributed by atoms with van der Waals surface area (Å²) >= 11 is 0. The van der Waals surface area contributed by atoms with Gasteiger partial charge in [0.2, 0.25) is 0 Å². The number of hydrogen-bond donors (Lipinski definition) is 0. The molecule has 3 aromatic rings. The number of imidazole rings is 1. The Morgan fingerprint density at radius 2 is 2.15 bits per heavy atom. The number of amides is 1. The molecule has 1 amide bonds. The summed E-state index contributed by atoms with van der Waals surface area (Å²) in [5.41, 5.74) is 1.71. The van der Waals surface area contributed by atoms with Crippen molar-refractivity contribution in [3.63, 3.8) is 0 Å². The van der Waals surface area contributed by atoms with E-state index in [0.717, 1.165) is 5.56 Å². The van der Waals surface area contributed by atoms with E-state index in [9.17, 15) is 9.18 Å². The van der Waals surface area contributed by atoms with Gasteiger partial charge in [0.05, 0.1) is 12.7 Å². The number of hydrogen-bond acceptors (Lipinski definition) is 3. The number of rotatable bonds is 1. The first kappa shape index (κ1) is 11.1. The molecule has 0 radical (unpaired) electrons. The van der Waals surface area contributed by atoms with Gasteiger partial charge in [0.25, 0.3) is 5.91 Å². The van der Waals surface area contributed by atoms with Gasteiger partial charge in [-0.3, -0.25) is 19.1 Å². The molecule has 0 unspecified atom stereocenters. The highest BCUT2D eigenvalue weighted by Gasteiger charge is 2.30. The highest BCUT2D eigenvalue weighted by Crippen LogP contribution is 2.28. The number of fused-ring (bicyclic) bond motifs is 2. The Hall–Kier alpha value is -2.76. The normalized spacial score (nSPS) is 14.1. The van der Waals surface area contributed by atoms with E-state index in [1.54, 1.807) is 40.0 Å². The van der Waals surface area contributed by atoms with Gasteiger partial charge in [-0.2, -0.15) is 0 Å². The van der Waals surface area contributed by atoms with Crippen molar-refractivity contribution in [2.75, 3.05) is 4.90 Å². The zero-order valence-corrected chi connectivity index (χ0v) is 10.3. The fraction of sp³-hybridized carbons (Fsp3) is 0.0714. The van der Waals surface area contributed by atoms with Crippen molar-refractivity contribution in [3.05, 3.63) is 59.9 Å². The standard InChI is InChI=1S/C14H9FN4O/c15-11-2-1-5-18-12(7-17-13(11)18)19-8-9-6-16-4-3-10(9)14(19)20/h1-7H,8H2. The number of aromatic nitrogens is 3. The van der Waals surface area contributed by atoms with Crippen LogP contribution in [-0.4, -0.2) is 20.3 Å². The quantitative estimate of drug-likeness (QED) is 0.678. The number of anilines is 1. The van der Waals surface area contributed by atoms with Crippen LogP contribution in [0.5, 0.6) is 0 Å². The Morgan fingerprint density at radius 1 is 1.25 bits per heavy atom. The highest BCUT2D eigenvalue weighted by atomic mass is 19.1. The third-order valence-corrected chi connectivity index (χ3v) is 3.45. The van der Waals surface area contributed by atoms with E-state index in [4.69, 9.17) is 0 Å². The predicted molar refractivity (Wildman–Crippen MR) is 69.9 cm³/mol. The number of carbonyl (C=O) groups is 1. The fourth-order valence-corrected chi connectivity index (χ4v) is 2.50. The van der Waals surface area contributed by atoms with E-state index in [-0.39, 0.29) is 11.6 Å². The van der Waals surface area contributed by atoms with Crippen LogP contribution in [0.25, 0.3) is 5.65 Å². The third kappa shape index (κ3) is 1.38. The minimum Gasteiger partial charge on any atom is -0.288 e. The Morgan fingerprint density at radius 3 is 3.00 bits per heavy atom. The maximum Gasteiger partial charge on any atom is 0.260 e. The average Bonchev–Trinajstić information content (AvgIpc) is 3.02. The van der Waals surface area contributed by atoms with Crippen LogP contribution in [0.15, 0.2) is 43.0 Å². The lowest BCUT2D eigenvalue weighted by Crippen LogP contribution is -2.24. The third-order valence-electron chi connectivity index (χ3n) is 3.45. The zero-order valence-electron chi connectivity index (χ0n) is 10.3. The van der Waals surface area contributed by atoms with E-state index < -0.39 is 5.82 Å². The molecule has 0 spiro atoms. The van der Waals surface area contributed by atoms with Gasteiger partial charge in [-0.1, -0.05) is 0 Å². The molecular formula is C14H9FN4O. The first-order valence-electron chi connectivity index (χ1n) is 6.12. The van der Waals surface area contributed by atoms with Gasteiger partial charge in [0.1, 0.15) is 5.82 Å². The summed E-state index contributed by atoms with van der Waals surface area (Å²) in [6, 6.07) is 4.63. The topological polar surface area (TPSA) is 50.5 Å². The van der Waals surface area contributed by atoms with E-state index >= 15 is 0 Å². The van der Waals surface area contributed by atoms with Crippen LogP contribution in [0.3, 0.4) is 0 Å². The SMILES string of the molecule is O=C1c2ccncc2CN1c1cnc2c(F)cccn12. The number of pyridine rings is 2. The Balaban J connectivity index is 1.86. The largest absolute Gasteiger partial charge is 0.288 e. The molecule has 1 aliphatic rings. The van der Waals surface area contributed by atoms with Gasteiger partial charge in [-0.25, -0.2) is 9.37 Å². The first-order chi connectivity index (χ1) is 9.75. The van der Waals surface area contributed by atoms with Gasteiger partial charge in [-0.05, 0) is 18.2 Å². The summed E-state index contributed by atoms with van der Waals surface area (Å²) in [5.74, 6) is 0.0266. The van der Waals surface area contributed by atoms with Crippen molar-refractivity contribution in [2.45, 2.75) is 6.54 Å². The molecule has 4 rings (SSSR count). The van der Waals surface area contributed by atoms with E-state index in [2.05, 4.69) is 9.97 Å². The summed E-state index contributed by atoms with van der Waals surface area (Å²) in [6.45, 7) is 0.423. The van der Waals surface area contributed by atoms with E-state index in [1.807, 2.05) is 0 Å². The van der Waals surface area contributed by atoms with Crippen LogP contribution >= 0.6 is 0 Å². The van der Waals surface area contributed by atoms with Crippen molar-refractivity contribution in [1.29, 1.82) is 0 Å². The molecule has 0 fully saturated rings. The maximum absolute atomic E-state index is 13.6. The maximum atomic E-state index is 13.6. The predicted octanol–water partition coefficient (Wildman–Crippen LogP) is 2.03. The molecule has 0 aromatic carbocycles. The molecule has 98 valence electrons. The molecule has 3 aromatic heterocycles. The van der Waals surface area contributed by atoms with Crippen LogP contribution in [-0.2, 0) is 6.54 Å². The molecular weight excluding hydrogens is 259 g/mol. The first-order valence-corrected chi connectivity index (χ1v) is 6.12. The number of nitrogens with zero attached hydrogens (tertiary/aromatic N) is 4. The molecule has 0 aliphatic carbocycles. The molecule has 5 nitrogen and oxygen atoms in total. The highest BCUT2D eigenvalue weighted by molar-refractivity contribution is 6.09. The monoisotopic (exact) mass is 268 g/mol. The van der Waals surface area contributed by atoms with Crippen molar-refractivity contribution in [3.8, 4) is 0 Å². The summed E-state index contributed by atoms with van der Waals surface area (Å²) in [5, 5.41) is 0. The van der Waals surface area contributed by atoms with Crippen molar-refractivity contribution >= 4 is 17.4 Å². The van der Waals surface area contributed by atoms with Gasteiger partial charge >= 0.3 is 0 Å². The summed E-state index contributed by atoms with van der Waals surface area (Å²) in [7, 11) is 0. The summed E-state index contributed by atoms with van der Waals surface area (Å²) in [6.07, 6.45) is 6.47. The van der Waals surface area contributed by atoms with Crippen LogP contribution < -0.4 is 4.90 Å². The second-order valence-electron chi connectivity index (χ2n) is 4.59. The van der Waals surface area contributed by atoms with Gasteiger partial charge in [0.15, 0.2) is 11.5 Å². The smallest absolute Gasteiger partial charge is 0.260 e. The molecule has 4 heterocycles. The van der Waals surface area contributed by atoms with Crippen LogP contribution in [0.2, 0.25) is 0 Å². The van der Waals surface area contributed by atoms with E-state index in [1.165, 1.54) is 12.3 Å². The Bertz CT molecular complexity index is 842. The Kier molecular flexibility index (Phi) is 2.14. The van der Waals surface area contributed by atoms with Crippen LogP contribution in [0, 0.1) is 5.82 Å². The minimum atomic E-state index is -0.412. The van der Waals surface area contributed by atoms with Crippen molar-refractivity contribution in [2.24, 2.45) is 0 Å². The van der Waals surface area contributed by atoms with Gasteiger partial charge < -0.3 is 0 Å². The zero-order chi connectivity index (χ0) is 13.7. The second-order valence-corrected chi connectivity index (χ2v) is 4.59. The number of halogens is 1. The lowest BCUT2D eigenvalue weighted by molar-refractivity contribution is 0.0995. The molecule has 1 aliphatic heterocycles. The molecule has 0 N–H and O–H groups in total. The molecule has 0 bridgehead atoms. The van der Waals surface area contributed by atoms with Crippen molar-refractivity contribution in [1.82, 2.24) is 14.4 Å². The number of carbonyl (C=O) groups excluding carboxylic acids is 1. The fourth-order valence-electron chi connectivity index (χ4n) is 2.50. The molecule has 20 heavy (non-hydrogen) atoms. The second kappa shape index (κ2) is 3.86. The molecule has 0 atom stereocenters. The van der Waals surface area contributed by atoms with Crippen LogP contribution in [0.4, 0.5) is 10.2 Å². The molecule has 6 heteroatoms. The lowest BCUT2D eigenvalue weighted by atomic mass is 10.2. The molecule has 0 saturated heterocycles. The Labute approximate surface area is 113 Å². The lowest BCUT2D eigenvalue weighted by Gasteiger charge is -2.14. The molecule has 0 saturated carbocycles.